The Hall–Kier alpha value is -0.0500. The topological polar surface area (TPSA) is 237 Å². The molecule has 1 amide bonds. The lowest BCUT2D eigenvalue weighted by atomic mass is 9.97. The molecule has 9 N–H and O–H groups in total. The van der Waals surface area contributed by atoms with Gasteiger partial charge in [0, 0.05) is 21.3 Å². The smallest absolute Gasteiger partial charge is 0.247 e. The second kappa shape index (κ2) is 15.4. The van der Waals surface area contributed by atoms with E-state index in [-0.39, 0.29) is 11.7 Å². The number of carbonyl (C=O) groups excluding carboxylic acids is 1. The molecule has 2 fully saturated rings. The third-order valence-corrected chi connectivity index (χ3v) is 10.7. The summed E-state index contributed by atoms with van der Waals surface area (Å²) in [5.41, 5.74) is -2.26. The molecule has 2 aliphatic rings. The zero-order valence-electron chi connectivity index (χ0n) is 19.2. The van der Waals surface area contributed by atoms with Gasteiger partial charge in [0.2, 0.25) is 11.6 Å². The summed E-state index contributed by atoms with van der Waals surface area (Å²) in [5.74, 6) is 0.193. The van der Waals surface area contributed by atoms with Crippen molar-refractivity contribution in [2.24, 2.45) is 0 Å². The summed E-state index contributed by atoms with van der Waals surface area (Å²) in [5, 5.41) is 79.0. The molecule has 35 heavy (non-hydrogen) atoms. The normalized spacial score (nSPS) is 37.8. The lowest BCUT2D eigenvalue weighted by Crippen LogP contribution is -2.64. The van der Waals surface area contributed by atoms with Crippen LogP contribution in [0.25, 0.3) is 0 Å². The van der Waals surface area contributed by atoms with Crippen LogP contribution in [0.4, 0.5) is 0 Å². The first-order valence-corrected chi connectivity index (χ1v) is 14.5. The number of carbonyl (C=O) groups is 1. The molecule has 208 valence electrons. The maximum absolute atomic E-state index is 10.8. The van der Waals surface area contributed by atoms with E-state index in [0.717, 1.165) is 0 Å². The molecule has 2 aliphatic heterocycles. The van der Waals surface area contributed by atoms with Crippen molar-refractivity contribution in [3.05, 3.63) is 0 Å². The Kier molecular flexibility index (Phi) is 14.5. The first-order chi connectivity index (χ1) is 16.4. The summed E-state index contributed by atoms with van der Waals surface area (Å²) in [6, 6.07) is 0. The molecule has 18 heteroatoms. The summed E-state index contributed by atoms with van der Waals surface area (Å²) < 4.78 is 25.2. The van der Waals surface area contributed by atoms with Crippen molar-refractivity contribution >= 4 is 34.8 Å². The largest absolute Gasteiger partial charge is 0.394 e. The molecule has 0 aromatic heterocycles. The Morgan fingerprint density at radius 2 is 1.49 bits per heavy atom. The van der Waals surface area contributed by atoms with Gasteiger partial charge in [0.25, 0.3) is 0 Å². The average molecular weight is 572 g/mol. The van der Waals surface area contributed by atoms with Crippen LogP contribution >= 0.6 is 17.1 Å². The predicted octanol–water partition coefficient (Wildman–Crippen LogP) is -4.41. The van der Waals surface area contributed by atoms with E-state index in [2.05, 4.69) is 5.32 Å². The Labute approximate surface area is 210 Å². The molecule has 10 atom stereocenters. The third-order valence-electron chi connectivity index (χ3n) is 5.06. The maximum atomic E-state index is 10.8. The Balaban J connectivity index is 0.000000434. The van der Waals surface area contributed by atoms with Gasteiger partial charge in [-0.2, -0.15) is 0 Å². The fourth-order valence-electron chi connectivity index (χ4n) is 2.96. The van der Waals surface area contributed by atoms with Gasteiger partial charge in [0.05, 0.1) is 19.0 Å². The monoisotopic (exact) mass is 571 g/mol. The molecule has 0 aromatic rings. The van der Waals surface area contributed by atoms with Crippen molar-refractivity contribution in [2.45, 2.75) is 61.4 Å². The zero-order chi connectivity index (χ0) is 26.9. The third kappa shape index (κ3) is 9.03. The number of ether oxygens (including phenoxy) is 3. The van der Waals surface area contributed by atoms with Gasteiger partial charge in [-0.05, 0) is 11.8 Å². The van der Waals surface area contributed by atoms with Crippen molar-refractivity contribution < 1.29 is 68.9 Å². The molecule has 2 saturated heterocycles. The summed E-state index contributed by atoms with van der Waals surface area (Å²) in [7, 11) is 4.55. The van der Waals surface area contributed by atoms with E-state index in [9.17, 15) is 40.5 Å². The molecule has 0 unspecified atom stereocenters. The van der Waals surface area contributed by atoms with Gasteiger partial charge in [-0.3, -0.25) is 4.79 Å². The van der Waals surface area contributed by atoms with Crippen molar-refractivity contribution in [3.63, 3.8) is 0 Å². The van der Waals surface area contributed by atoms with Crippen LogP contribution in [0.5, 0.6) is 0 Å². The number of hydrogen-bond donors (Lipinski definition) is 9. The van der Waals surface area contributed by atoms with Gasteiger partial charge in [-0.15, -0.1) is 0 Å². The second-order valence-electron chi connectivity index (χ2n) is 7.29. The van der Waals surface area contributed by atoms with Crippen molar-refractivity contribution in [3.8, 4) is 0 Å². The molecular formula is C17H34NO14PS2. The van der Waals surface area contributed by atoms with Crippen LogP contribution in [-0.2, 0) is 39.9 Å². The van der Waals surface area contributed by atoms with Gasteiger partial charge in [0.1, 0.15) is 48.8 Å². The summed E-state index contributed by atoms with van der Waals surface area (Å²) in [6.45, 7) is -1.35. The summed E-state index contributed by atoms with van der Waals surface area (Å²) in [6.07, 6.45) is -15.6. The summed E-state index contributed by atoms with van der Waals surface area (Å²) >= 11 is 6.25. The first-order valence-electron chi connectivity index (χ1n) is 10.2. The van der Waals surface area contributed by atoms with Crippen LogP contribution in [-0.4, -0.2) is 148 Å². The first kappa shape index (κ1) is 33.0. The van der Waals surface area contributed by atoms with Gasteiger partial charge < -0.3 is 69.4 Å². The van der Waals surface area contributed by atoms with Crippen LogP contribution in [0.15, 0.2) is 0 Å². The number of amides is 1. The maximum Gasteiger partial charge on any atom is 0.247 e. The van der Waals surface area contributed by atoms with Crippen LogP contribution in [0.2, 0.25) is 0 Å². The number of hydrogen-bond acceptors (Lipinski definition) is 16. The minimum Gasteiger partial charge on any atom is -0.394 e. The van der Waals surface area contributed by atoms with E-state index in [1.54, 1.807) is 7.05 Å². The van der Waals surface area contributed by atoms with Crippen LogP contribution in [0, 0.1) is 0 Å². The number of rotatable bonds is 9. The molecule has 0 saturated carbocycles. The van der Waals surface area contributed by atoms with Crippen LogP contribution in [0.3, 0.4) is 0 Å². The van der Waals surface area contributed by atoms with E-state index >= 15 is 0 Å². The molecule has 0 aliphatic carbocycles. The Morgan fingerprint density at radius 3 is 1.97 bits per heavy atom. The van der Waals surface area contributed by atoms with Gasteiger partial charge in [-0.25, -0.2) is 0 Å². The molecule has 2 heterocycles. The van der Waals surface area contributed by atoms with Crippen LogP contribution in [0.1, 0.15) is 0 Å². The quantitative estimate of drug-likeness (QED) is 0.119. The van der Waals surface area contributed by atoms with Gasteiger partial charge >= 0.3 is 0 Å². The Bertz CT molecular complexity index is 683. The van der Waals surface area contributed by atoms with E-state index in [4.69, 9.17) is 40.2 Å². The summed E-state index contributed by atoms with van der Waals surface area (Å²) in [4.78, 5) is 10.8. The van der Waals surface area contributed by atoms with E-state index < -0.39 is 80.3 Å². The van der Waals surface area contributed by atoms with E-state index in [1.165, 1.54) is 25.6 Å². The number of aliphatic hydroxyl groups is 8. The highest BCUT2D eigenvalue weighted by atomic mass is 32.9. The van der Waals surface area contributed by atoms with Crippen molar-refractivity contribution in [1.29, 1.82) is 0 Å². The highest BCUT2D eigenvalue weighted by molar-refractivity contribution is 8.68. The van der Waals surface area contributed by atoms with Gasteiger partial charge in [-0.1, -0.05) is 11.4 Å². The molecule has 0 radical (unpaired) electrons. The molecule has 0 aromatic carbocycles. The highest BCUT2D eigenvalue weighted by Gasteiger charge is 2.50. The fraction of sp³-hybridized carbons (Fsp3) is 0.941. The number of aliphatic hydroxyl groups excluding tert-OH is 8. The van der Waals surface area contributed by atoms with E-state index in [1.807, 2.05) is 0 Å². The lowest BCUT2D eigenvalue weighted by molar-refractivity contribution is -0.355. The highest BCUT2D eigenvalue weighted by Crippen LogP contribution is 2.59. The molecule has 2 rings (SSSR count). The molecule has 15 nitrogen and oxygen atoms in total. The average Bonchev–Trinajstić information content (AvgIpc) is 2.87. The SMILES string of the molecule is CNC(=O)CSP(=S)(OC)OC.OC[C@H]1O[C@@H](O[C@H]2[C@H](O)[C@@H](O)[C@H](O)O[C@@H]2CO)[C@H](O)[C@@H](O)[C@H]1O. The van der Waals surface area contributed by atoms with Crippen molar-refractivity contribution in [2.75, 3.05) is 40.2 Å². The van der Waals surface area contributed by atoms with Crippen molar-refractivity contribution in [1.82, 2.24) is 5.32 Å². The molecule has 0 bridgehead atoms. The minimum atomic E-state index is -2.26. The standard InChI is InChI=1S/C12H22O11.C5H12NO3PS2/c13-1-3-5(15)6(16)9(19)12(22-3)23-10-4(2-14)21-11(20)8(18)7(10)17;1-6-5(7)4-12-10(11,8-2)9-3/h3-20H,1-2H2;4H2,1-3H3,(H,6,7)/t3-,4-,5+,6+,7-,8-,9-,10-,11-,12+;/m1./s1. The van der Waals surface area contributed by atoms with E-state index in [0.29, 0.717) is 0 Å². The van der Waals surface area contributed by atoms with Gasteiger partial charge in [0.15, 0.2) is 12.6 Å². The lowest BCUT2D eigenvalue weighted by Gasteiger charge is -2.45. The number of nitrogens with one attached hydrogen (secondary N) is 1. The Morgan fingerprint density at radius 1 is 0.914 bits per heavy atom. The molecular weight excluding hydrogens is 537 g/mol. The predicted molar refractivity (Wildman–Crippen MR) is 123 cm³/mol. The molecule has 0 spiro atoms. The second-order valence-corrected chi connectivity index (χ2v) is 13.8. The fourth-order valence-corrected chi connectivity index (χ4v) is 5.67. The minimum absolute atomic E-state index is 0.0803. The zero-order valence-corrected chi connectivity index (χ0v) is 21.7. The van der Waals surface area contributed by atoms with Crippen LogP contribution < -0.4 is 5.32 Å².